The molecule has 8 nitrogen and oxygen atoms in total. The minimum absolute atomic E-state index is 0.164. The van der Waals surface area contributed by atoms with Crippen molar-refractivity contribution in [2.75, 3.05) is 10.8 Å². The number of carbonyl (C=O) groups is 1. The number of carboxylic acids is 1. The molecule has 3 aromatic rings. The van der Waals surface area contributed by atoms with Gasteiger partial charge in [-0.25, -0.2) is 8.42 Å². The van der Waals surface area contributed by atoms with Crippen LogP contribution in [0.15, 0.2) is 77.7 Å². The van der Waals surface area contributed by atoms with E-state index in [9.17, 15) is 28.4 Å². The van der Waals surface area contributed by atoms with E-state index < -0.39 is 33.1 Å². The Bertz CT molecular complexity index is 1210. The molecule has 0 radical (unpaired) electrons. The van der Waals surface area contributed by atoms with Gasteiger partial charge in [0.15, 0.2) is 0 Å². The van der Waals surface area contributed by atoms with Gasteiger partial charge in [-0.1, -0.05) is 54.6 Å². The van der Waals surface area contributed by atoms with Crippen molar-refractivity contribution in [2.45, 2.75) is 11.8 Å². The molecule has 0 saturated heterocycles. The summed E-state index contributed by atoms with van der Waals surface area (Å²) >= 11 is 0. The summed E-state index contributed by atoms with van der Waals surface area (Å²) in [6.45, 7) is 0.660. The standard InChI is InChI=1S/C21H18N2O6S/c1-15-11-12-17(23(26)27)13-20(15)30(28,29)22(14-21(24)25)19-10-6-5-9-18(19)16-7-3-2-4-8-16/h2-13H,14H2,1H3,(H,24,25). The molecule has 3 aromatic carbocycles. The second-order valence-corrected chi connectivity index (χ2v) is 8.33. The predicted octanol–water partition coefficient (Wildman–Crippen LogP) is 3.85. The first-order chi connectivity index (χ1) is 14.2. The van der Waals surface area contributed by atoms with E-state index in [2.05, 4.69) is 0 Å². The maximum Gasteiger partial charge on any atom is 0.324 e. The van der Waals surface area contributed by atoms with Gasteiger partial charge >= 0.3 is 5.97 Å². The van der Waals surface area contributed by atoms with Crippen LogP contribution in [-0.2, 0) is 14.8 Å². The van der Waals surface area contributed by atoms with Crippen LogP contribution in [-0.4, -0.2) is 31.0 Å². The first kappa shape index (κ1) is 21.0. The molecule has 0 amide bonds. The Morgan fingerprint density at radius 3 is 2.30 bits per heavy atom. The second kappa shape index (κ2) is 8.34. The molecule has 0 aliphatic heterocycles. The Balaban J connectivity index is 2.24. The maximum absolute atomic E-state index is 13.5. The van der Waals surface area contributed by atoms with Crippen LogP contribution in [0.2, 0.25) is 0 Å². The normalized spacial score (nSPS) is 11.1. The van der Waals surface area contributed by atoms with Gasteiger partial charge in [0.2, 0.25) is 0 Å². The topological polar surface area (TPSA) is 118 Å². The zero-order chi connectivity index (χ0) is 21.9. The van der Waals surface area contributed by atoms with Crippen LogP contribution >= 0.6 is 0 Å². The third-order valence-corrected chi connectivity index (χ3v) is 6.39. The van der Waals surface area contributed by atoms with Crippen molar-refractivity contribution in [3.63, 3.8) is 0 Å². The number of non-ortho nitro benzene ring substituents is 1. The molecule has 0 spiro atoms. The van der Waals surface area contributed by atoms with E-state index >= 15 is 0 Å². The van der Waals surface area contributed by atoms with E-state index in [-0.39, 0.29) is 16.1 Å². The van der Waals surface area contributed by atoms with E-state index in [1.54, 1.807) is 42.5 Å². The highest BCUT2D eigenvalue weighted by Crippen LogP contribution is 2.35. The van der Waals surface area contributed by atoms with Crippen LogP contribution in [0, 0.1) is 17.0 Å². The molecule has 0 fully saturated rings. The highest BCUT2D eigenvalue weighted by molar-refractivity contribution is 7.93. The number of sulfonamides is 1. The number of hydrogen-bond donors (Lipinski definition) is 1. The monoisotopic (exact) mass is 426 g/mol. The van der Waals surface area contributed by atoms with Gasteiger partial charge in [-0.15, -0.1) is 0 Å². The summed E-state index contributed by atoms with van der Waals surface area (Å²) in [6, 6.07) is 18.9. The SMILES string of the molecule is Cc1ccc([N+](=O)[O-])cc1S(=O)(=O)N(CC(=O)O)c1ccccc1-c1ccccc1. The fourth-order valence-corrected chi connectivity index (χ4v) is 4.75. The van der Waals surface area contributed by atoms with Gasteiger partial charge in [0.1, 0.15) is 6.54 Å². The molecule has 0 aromatic heterocycles. The van der Waals surface area contributed by atoms with Crippen LogP contribution in [0.3, 0.4) is 0 Å². The quantitative estimate of drug-likeness (QED) is 0.453. The summed E-state index contributed by atoms with van der Waals surface area (Å²) in [5.74, 6) is -1.36. The largest absolute Gasteiger partial charge is 0.480 e. The molecular weight excluding hydrogens is 408 g/mol. The number of aryl methyl sites for hydroxylation is 1. The van der Waals surface area contributed by atoms with Crippen molar-refractivity contribution in [2.24, 2.45) is 0 Å². The molecule has 0 unspecified atom stereocenters. The van der Waals surface area contributed by atoms with E-state index in [4.69, 9.17) is 0 Å². The molecule has 30 heavy (non-hydrogen) atoms. The number of aliphatic carboxylic acids is 1. The fraction of sp³-hybridized carbons (Fsp3) is 0.0952. The average Bonchev–Trinajstić information content (AvgIpc) is 2.72. The number of hydrogen-bond acceptors (Lipinski definition) is 5. The number of carboxylic acid groups (broad SMARTS) is 1. The molecule has 0 aliphatic rings. The third-order valence-electron chi connectivity index (χ3n) is 4.49. The summed E-state index contributed by atoms with van der Waals surface area (Å²) in [5.41, 5.74) is 1.26. The molecule has 0 bridgehead atoms. The average molecular weight is 426 g/mol. The fourth-order valence-electron chi connectivity index (χ4n) is 3.07. The Kier molecular flexibility index (Phi) is 5.84. The molecule has 0 saturated carbocycles. The number of benzene rings is 3. The predicted molar refractivity (Wildman–Crippen MR) is 112 cm³/mol. The minimum atomic E-state index is -4.42. The minimum Gasteiger partial charge on any atom is -0.480 e. The number of nitro benzene ring substituents is 1. The number of nitrogens with zero attached hydrogens (tertiary/aromatic N) is 2. The lowest BCUT2D eigenvalue weighted by molar-refractivity contribution is -0.385. The molecular formula is C21H18N2O6S. The number of nitro groups is 1. The van der Waals surface area contributed by atoms with Crippen molar-refractivity contribution in [3.05, 3.63) is 88.5 Å². The van der Waals surface area contributed by atoms with E-state index in [1.807, 2.05) is 6.07 Å². The molecule has 1 N–H and O–H groups in total. The Hall–Kier alpha value is -3.72. The first-order valence-electron chi connectivity index (χ1n) is 8.86. The van der Waals surface area contributed by atoms with Gasteiger partial charge in [0.05, 0.1) is 15.5 Å². The lowest BCUT2D eigenvalue weighted by Gasteiger charge is -2.26. The van der Waals surface area contributed by atoms with Crippen molar-refractivity contribution in [1.82, 2.24) is 0 Å². The molecule has 0 atom stereocenters. The Morgan fingerprint density at radius 2 is 1.67 bits per heavy atom. The van der Waals surface area contributed by atoms with Crippen molar-refractivity contribution in [1.29, 1.82) is 0 Å². The van der Waals surface area contributed by atoms with Gasteiger partial charge in [0, 0.05) is 17.7 Å². The highest BCUT2D eigenvalue weighted by Gasteiger charge is 2.31. The summed E-state index contributed by atoms with van der Waals surface area (Å²) in [6.07, 6.45) is 0. The summed E-state index contributed by atoms with van der Waals surface area (Å²) < 4.78 is 27.7. The van der Waals surface area contributed by atoms with E-state index in [0.717, 1.165) is 10.4 Å². The Labute approximate surface area is 173 Å². The van der Waals surface area contributed by atoms with Crippen LogP contribution in [0.1, 0.15) is 5.56 Å². The van der Waals surface area contributed by atoms with Crippen LogP contribution in [0.25, 0.3) is 11.1 Å². The van der Waals surface area contributed by atoms with Crippen LogP contribution in [0.4, 0.5) is 11.4 Å². The number of rotatable bonds is 7. The van der Waals surface area contributed by atoms with Crippen molar-refractivity contribution >= 4 is 27.4 Å². The maximum atomic E-state index is 13.5. The molecule has 154 valence electrons. The van der Waals surface area contributed by atoms with Gasteiger partial charge in [-0.3, -0.25) is 19.2 Å². The first-order valence-corrected chi connectivity index (χ1v) is 10.3. The van der Waals surface area contributed by atoms with Gasteiger partial charge in [-0.2, -0.15) is 0 Å². The van der Waals surface area contributed by atoms with Gasteiger partial charge < -0.3 is 5.11 Å². The van der Waals surface area contributed by atoms with Gasteiger partial charge in [0.25, 0.3) is 15.7 Å². The van der Waals surface area contributed by atoms with Crippen molar-refractivity contribution < 1.29 is 23.2 Å². The molecule has 0 heterocycles. The summed E-state index contributed by atoms with van der Waals surface area (Å²) in [4.78, 5) is 21.7. The third kappa shape index (κ3) is 4.15. The summed E-state index contributed by atoms with van der Waals surface area (Å²) in [5, 5.41) is 20.6. The van der Waals surface area contributed by atoms with Crippen molar-refractivity contribution in [3.8, 4) is 11.1 Å². The number of para-hydroxylation sites is 1. The highest BCUT2D eigenvalue weighted by atomic mass is 32.2. The zero-order valence-electron chi connectivity index (χ0n) is 15.9. The zero-order valence-corrected chi connectivity index (χ0v) is 16.7. The molecule has 3 rings (SSSR count). The Morgan fingerprint density at radius 1 is 1.03 bits per heavy atom. The van der Waals surface area contributed by atoms with Crippen LogP contribution in [0.5, 0.6) is 0 Å². The lowest BCUT2D eigenvalue weighted by atomic mass is 10.0. The van der Waals surface area contributed by atoms with E-state index in [1.165, 1.54) is 25.1 Å². The molecule has 9 heteroatoms. The molecule has 0 aliphatic carbocycles. The summed E-state index contributed by atoms with van der Waals surface area (Å²) in [7, 11) is -4.42. The van der Waals surface area contributed by atoms with E-state index in [0.29, 0.717) is 11.1 Å². The van der Waals surface area contributed by atoms with Gasteiger partial charge in [-0.05, 0) is 24.1 Å². The second-order valence-electron chi connectivity index (χ2n) is 6.50. The smallest absolute Gasteiger partial charge is 0.324 e. The lowest BCUT2D eigenvalue weighted by Crippen LogP contribution is -2.36. The number of anilines is 1. The van der Waals surface area contributed by atoms with Crippen LogP contribution < -0.4 is 4.31 Å².